The minimum Gasteiger partial charge on any atom is -0.257 e. The van der Waals surface area contributed by atoms with Crippen LogP contribution in [0.1, 0.15) is 14.6 Å². The molecule has 14 heteroatoms. The number of aromatic nitrogens is 4. The van der Waals surface area contributed by atoms with Crippen LogP contribution in [0.25, 0.3) is 21.4 Å². The average Bonchev–Trinajstić information content (AvgIpc) is 3.85. The second-order valence-electron chi connectivity index (χ2n) is 7.19. The Morgan fingerprint density at radius 3 is 1.18 bits per heavy atom. The highest BCUT2D eigenvalue weighted by Gasteiger charge is 2.12. The summed E-state index contributed by atoms with van der Waals surface area (Å²) in [6, 6.07) is 21.5. The summed E-state index contributed by atoms with van der Waals surface area (Å²) in [4.78, 5) is 4.89. The summed E-state index contributed by atoms with van der Waals surface area (Å²) in [6.07, 6.45) is 0. The molecule has 2 N–H and O–H groups in total. The Hall–Kier alpha value is -4.13. The van der Waals surface area contributed by atoms with Gasteiger partial charge in [-0.05, 0) is 57.2 Å². The summed E-state index contributed by atoms with van der Waals surface area (Å²) in [5, 5.41) is 42.8. The Morgan fingerprint density at radius 2 is 0.897 bits per heavy atom. The van der Waals surface area contributed by atoms with Crippen molar-refractivity contribution in [3.63, 3.8) is 0 Å². The van der Waals surface area contributed by atoms with Crippen molar-refractivity contribution in [1.82, 2.24) is 31.2 Å². The van der Waals surface area contributed by atoms with Crippen LogP contribution >= 0.6 is 56.7 Å². The highest BCUT2D eigenvalue weighted by atomic mass is 32.1. The second-order valence-corrected chi connectivity index (χ2v) is 11.9. The zero-order valence-electron chi connectivity index (χ0n) is 19.8. The number of nitrogens with zero attached hydrogens (tertiary/aromatic N) is 7. The first kappa shape index (κ1) is 26.5. The molecule has 7 heterocycles. The van der Waals surface area contributed by atoms with Crippen LogP contribution in [0.4, 0.5) is 0 Å². The topological polar surface area (TPSA) is 124 Å². The lowest BCUT2D eigenvalue weighted by atomic mass is 10.4. The van der Waals surface area contributed by atoms with Crippen LogP contribution in [0.5, 0.6) is 0 Å². The highest BCUT2D eigenvalue weighted by molar-refractivity contribution is 7.14. The van der Waals surface area contributed by atoms with E-state index in [-0.39, 0.29) is 0 Å². The van der Waals surface area contributed by atoms with Crippen LogP contribution < -0.4 is 10.9 Å². The van der Waals surface area contributed by atoms with Gasteiger partial charge in [-0.2, -0.15) is 15.5 Å². The predicted octanol–water partition coefficient (Wildman–Crippen LogP) is 6.37. The maximum Gasteiger partial charge on any atom is 0.213 e. The van der Waals surface area contributed by atoms with E-state index in [0.29, 0.717) is 11.6 Å². The van der Waals surface area contributed by atoms with E-state index in [4.69, 9.17) is 5.26 Å². The molecule has 0 aromatic carbocycles. The number of nitriles is 1. The molecule has 0 amide bonds. The van der Waals surface area contributed by atoms with E-state index in [1.807, 2.05) is 87.6 Å². The van der Waals surface area contributed by atoms with Crippen LogP contribution in [0, 0.1) is 11.3 Å². The molecule has 0 aliphatic carbocycles. The van der Waals surface area contributed by atoms with Crippen molar-refractivity contribution in [3.8, 4) is 27.5 Å². The summed E-state index contributed by atoms with van der Waals surface area (Å²) >= 11 is 7.87. The molecule has 1 aliphatic rings. The summed E-state index contributed by atoms with van der Waals surface area (Å²) in [6.45, 7) is 0. The Bertz CT molecular complexity index is 1530. The van der Waals surface area contributed by atoms with Crippen LogP contribution in [0.2, 0.25) is 0 Å². The Labute approximate surface area is 243 Å². The van der Waals surface area contributed by atoms with Crippen LogP contribution in [0.3, 0.4) is 0 Å². The molecule has 0 radical (unpaired) electrons. The largest absolute Gasteiger partial charge is 0.257 e. The fourth-order valence-electron chi connectivity index (χ4n) is 2.90. The van der Waals surface area contributed by atoms with Crippen LogP contribution in [0.15, 0.2) is 97.8 Å². The molecule has 0 spiro atoms. The SMILES string of the molecule is N#Cc1cccs1.c1csc(-c2nnc(-c3cccs3)nn2)c1.c1csc(C2=NNC(c3cccs3)=NN2)c1. The summed E-state index contributed by atoms with van der Waals surface area (Å²) in [5.41, 5.74) is 5.90. The van der Waals surface area contributed by atoms with Crippen molar-refractivity contribution in [2.24, 2.45) is 10.2 Å². The molecule has 0 saturated carbocycles. The third-order valence-electron chi connectivity index (χ3n) is 4.65. The van der Waals surface area contributed by atoms with Gasteiger partial charge in [-0.3, -0.25) is 10.9 Å². The molecule has 0 atom stereocenters. The van der Waals surface area contributed by atoms with Gasteiger partial charge < -0.3 is 0 Å². The van der Waals surface area contributed by atoms with Crippen LogP contribution in [-0.4, -0.2) is 32.1 Å². The molecular formula is C25H17N9S5. The monoisotopic (exact) mass is 603 g/mol. The van der Waals surface area contributed by atoms with Gasteiger partial charge in [0.1, 0.15) is 10.9 Å². The standard InChI is InChI=1S/C10H8N4S2.C10H6N4S2.C5H3NS/c2*1-3-7(15-5-1)9-11-13-10(14-12-9)8-4-2-6-16-8;6-4-5-2-1-3-7-5/h1-6H,(H,11,12)(H,13,14);1-6H;1-3H. The van der Waals surface area contributed by atoms with Crippen molar-refractivity contribution in [3.05, 3.63) is 102 Å². The minimum atomic E-state index is 0.579. The van der Waals surface area contributed by atoms with E-state index in [9.17, 15) is 0 Å². The van der Waals surface area contributed by atoms with E-state index < -0.39 is 0 Å². The zero-order chi connectivity index (χ0) is 26.7. The smallest absolute Gasteiger partial charge is 0.213 e. The molecule has 9 nitrogen and oxygen atoms in total. The molecule has 0 saturated heterocycles. The second kappa shape index (κ2) is 13.6. The highest BCUT2D eigenvalue weighted by Crippen LogP contribution is 2.22. The molecule has 0 fully saturated rings. The van der Waals surface area contributed by atoms with Gasteiger partial charge in [0.15, 0.2) is 11.7 Å². The van der Waals surface area contributed by atoms with Gasteiger partial charge in [0, 0.05) is 0 Å². The van der Waals surface area contributed by atoms with E-state index in [0.717, 1.165) is 36.1 Å². The van der Waals surface area contributed by atoms with Crippen molar-refractivity contribution in [2.45, 2.75) is 0 Å². The number of hydrogen-bond donors (Lipinski definition) is 2. The number of nitrogens with one attached hydrogen (secondary N) is 2. The Morgan fingerprint density at radius 1 is 0.513 bits per heavy atom. The van der Waals surface area contributed by atoms with E-state index >= 15 is 0 Å². The third kappa shape index (κ3) is 7.25. The lowest BCUT2D eigenvalue weighted by molar-refractivity contribution is 0.881. The lowest BCUT2D eigenvalue weighted by Gasteiger charge is -2.12. The van der Waals surface area contributed by atoms with Gasteiger partial charge in [-0.1, -0.05) is 30.3 Å². The van der Waals surface area contributed by atoms with E-state index in [1.54, 1.807) is 51.4 Å². The number of rotatable bonds is 4. The Kier molecular flexibility index (Phi) is 9.23. The van der Waals surface area contributed by atoms with Crippen LogP contribution in [-0.2, 0) is 0 Å². The summed E-state index contributed by atoms with van der Waals surface area (Å²) in [5.74, 6) is 2.68. The molecule has 0 bridgehead atoms. The zero-order valence-corrected chi connectivity index (χ0v) is 23.9. The van der Waals surface area contributed by atoms with Gasteiger partial charge >= 0.3 is 0 Å². The third-order valence-corrected chi connectivity index (χ3v) is 8.91. The molecule has 192 valence electrons. The first-order valence-corrected chi connectivity index (χ1v) is 15.5. The summed E-state index contributed by atoms with van der Waals surface area (Å²) in [7, 11) is 0. The fraction of sp³-hybridized carbons (Fsp3) is 0. The molecule has 1 aliphatic heterocycles. The van der Waals surface area contributed by atoms with Gasteiger partial charge in [0.05, 0.1) is 19.5 Å². The van der Waals surface area contributed by atoms with Crippen molar-refractivity contribution in [1.29, 1.82) is 5.26 Å². The molecule has 39 heavy (non-hydrogen) atoms. The van der Waals surface area contributed by atoms with Crippen molar-refractivity contribution >= 4 is 68.4 Å². The predicted molar refractivity (Wildman–Crippen MR) is 161 cm³/mol. The first-order chi connectivity index (χ1) is 19.3. The van der Waals surface area contributed by atoms with Crippen molar-refractivity contribution in [2.75, 3.05) is 0 Å². The number of hydrazone groups is 2. The van der Waals surface area contributed by atoms with E-state index in [1.165, 1.54) is 11.3 Å². The lowest BCUT2D eigenvalue weighted by Crippen LogP contribution is -2.33. The quantitative estimate of drug-likeness (QED) is 0.240. The number of hydrogen-bond acceptors (Lipinski definition) is 14. The van der Waals surface area contributed by atoms with Gasteiger partial charge in [-0.15, -0.1) is 77.1 Å². The van der Waals surface area contributed by atoms with Gasteiger partial charge in [0.25, 0.3) is 0 Å². The molecule has 7 rings (SSSR count). The summed E-state index contributed by atoms with van der Waals surface area (Å²) < 4.78 is 0. The fourth-order valence-corrected chi connectivity index (χ4v) is 6.03. The maximum absolute atomic E-state index is 8.19. The van der Waals surface area contributed by atoms with Gasteiger partial charge in [-0.25, -0.2) is 0 Å². The van der Waals surface area contributed by atoms with Gasteiger partial charge in [0.2, 0.25) is 11.6 Å². The van der Waals surface area contributed by atoms with Crippen molar-refractivity contribution < 1.29 is 0 Å². The average molecular weight is 604 g/mol. The molecule has 0 unspecified atom stereocenters. The molecular weight excluding hydrogens is 587 g/mol. The maximum atomic E-state index is 8.19. The molecule has 6 aromatic heterocycles. The Balaban J connectivity index is 0.000000128. The molecule has 6 aromatic rings. The number of thiophene rings is 5. The number of amidine groups is 2. The van der Waals surface area contributed by atoms with E-state index in [2.05, 4.69) is 41.4 Å². The first-order valence-electron chi connectivity index (χ1n) is 11.1. The minimum absolute atomic E-state index is 0.579. The normalized spacial score (nSPS) is 11.8.